The molecule has 5 nitrogen and oxygen atoms in total. The second-order valence-electron chi connectivity index (χ2n) is 6.58. The average molecular weight is 333 g/mol. The summed E-state index contributed by atoms with van der Waals surface area (Å²) in [5, 5.41) is 12.0. The summed E-state index contributed by atoms with van der Waals surface area (Å²) < 4.78 is 5.67. The van der Waals surface area contributed by atoms with E-state index in [1.165, 1.54) is 5.56 Å². The summed E-state index contributed by atoms with van der Waals surface area (Å²) in [6.45, 7) is 2.64. The zero-order chi connectivity index (χ0) is 17.4. The van der Waals surface area contributed by atoms with E-state index in [1.54, 1.807) is 0 Å². The number of carboxylic acids is 1. The molecule has 24 heavy (non-hydrogen) atoms. The first-order valence-electron chi connectivity index (χ1n) is 8.76. The number of rotatable bonds is 8. The molecular weight excluding hydrogens is 306 g/mol. The molecule has 0 heterocycles. The number of carbonyl (C=O) groups is 2. The van der Waals surface area contributed by atoms with Gasteiger partial charge in [-0.2, -0.15) is 0 Å². The Morgan fingerprint density at radius 1 is 1.21 bits per heavy atom. The van der Waals surface area contributed by atoms with Crippen LogP contribution < -0.4 is 10.1 Å². The molecule has 0 saturated heterocycles. The van der Waals surface area contributed by atoms with Crippen LogP contribution in [0, 0.1) is 12.8 Å². The molecule has 5 heteroatoms. The molecule has 0 atom stereocenters. The maximum absolute atomic E-state index is 11.9. The van der Waals surface area contributed by atoms with Gasteiger partial charge in [0.15, 0.2) is 0 Å². The van der Waals surface area contributed by atoms with E-state index in [0.29, 0.717) is 25.9 Å². The number of aryl methyl sites for hydroxylation is 1. The zero-order valence-electron chi connectivity index (χ0n) is 14.3. The fraction of sp³-hybridized carbons (Fsp3) is 0.579. The van der Waals surface area contributed by atoms with Crippen molar-refractivity contribution in [3.05, 3.63) is 29.8 Å². The van der Waals surface area contributed by atoms with Crippen LogP contribution in [0.25, 0.3) is 0 Å². The van der Waals surface area contributed by atoms with Crippen molar-refractivity contribution in [1.82, 2.24) is 5.32 Å². The van der Waals surface area contributed by atoms with Crippen molar-refractivity contribution in [2.45, 2.75) is 57.9 Å². The van der Waals surface area contributed by atoms with Gasteiger partial charge in [0.1, 0.15) is 5.75 Å². The number of ether oxygens (including phenoxy) is 1. The number of unbranched alkanes of at least 4 members (excludes halogenated alkanes) is 1. The molecule has 0 radical (unpaired) electrons. The fourth-order valence-corrected chi connectivity index (χ4v) is 3.07. The molecule has 1 aromatic rings. The van der Waals surface area contributed by atoms with E-state index >= 15 is 0 Å². The Morgan fingerprint density at radius 3 is 2.62 bits per heavy atom. The number of hydrogen-bond donors (Lipinski definition) is 2. The molecule has 1 fully saturated rings. The Morgan fingerprint density at radius 2 is 1.96 bits per heavy atom. The van der Waals surface area contributed by atoms with E-state index in [-0.39, 0.29) is 17.9 Å². The monoisotopic (exact) mass is 333 g/mol. The van der Waals surface area contributed by atoms with Crippen molar-refractivity contribution in [2.24, 2.45) is 5.92 Å². The number of carboxylic acid groups (broad SMARTS) is 1. The number of aliphatic carboxylic acids is 1. The van der Waals surface area contributed by atoms with Crippen LogP contribution in [0.3, 0.4) is 0 Å². The number of benzene rings is 1. The standard InChI is InChI=1S/C19H27NO4/c1-14-5-4-6-17(13-14)24-12-3-2-7-18(21)20-16-10-8-15(9-11-16)19(22)23/h4-6,13,15-16H,2-3,7-12H2,1H3,(H,20,21)(H,22,23). The molecule has 2 rings (SSSR count). The third-order valence-electron chi connectivity index (χ3n) is 4.50. The lowest BCUT2D eigenvalue weighted by Crippen LogP contribution is -2.38. The van der Waals surface area contributed by atoms with Crippen LogP contribution in [-0.4, -0.2) is 29.6 Å². The number of amides is 1. The van der Waals surface area contributed by atoms with Crippen molar-refractivity contribution in [3.63, 3.8) is 0 Å². The molecule has 1 amide bonds. The summed E-state index contributed by atoms with van der Waals surface area (Å²) in [5.74, 6) is -0.0238. The average Bonchev–Trinajstić information content (AvgIpc) is 2.55. The highest BCUT2D eigenvalue weighted by Crippen LogP contribution is 2.24. The van der Waals surface area contributed by atoms with Gasteiger partial charge in [0.05, 0.1) is 12.5 Å². The van der Waals surface area contributed by atoms with Gasteiger partial charge in [0, 0.05) is 12.5 Å². The molecule has 1 saturated carbocycles. The molecule has 1 aromatic carbocycles. The predicted octanol–water partition coefficient (Wildman–Crippen LogP) is 3.30. The second kappa shape index (κ2) is 9.30. The zero-order valence-corrected chi connectivity index (χ0v) is 14.3. The van der Waals surface area contributed by atoms with Gasteiger partial charge >= 0.3 is 5.97 Å². The Hall–Kier alpha value is -2.04. The summed E-state index contributed by atoms with van der Waals surface area (Å²) in [6.07, 6.45) is 4.97. The Kier molecular flexibility index (Phi) is 7.09. The quantitative estimate of drug-likeness (QED) is 0.716. The lowest BCUT2D eigenvalue weighted by Gasteiger charge is -2.26. The molecule has 1 aliphatic carbocycles. The molecular formula is C19H27NO4. The minimum absolute atomic E-state index is 0.0596. The minimum Gasteiger partial charge on any atom is -0.494 e. The topological polar surface area (TPSA) is 75.6 Å². The van der Waals surface area contributed by atoms with Crippen LogP contribution in [0.5, 0.6) is 5.75 Å². The van der Waals surface area contributed by atoms with Crippen LogP contribution in [-0.2, 0) is 9.59 Å². The summed E-state index contributed by atoms with van der Waals surface area (Å²) in [5.41, 5.74) is 1.17. The first-order valence-corrected chi connectivity index (χ1v) is 8.76. The third kappa shape index (κ3) is 6.22. The molecule has 0 bridgehead atoms. The van der Waals surface area contributed by atoms with Gasteiger partial charge in [-0.05, 0) is 63.1 Å². The van der Waals surface area contributed by atoms with E-state index < -0.39 is 5.97 Å². The van der Waals surface area contributed by atoms with Gasteiger partial charge in [-0.3, -0.25) is 9.59 Å². The van der Waals surface area contributed by atoms with E-state index in [1.807, 2.05) is 31.2 Å². The minimum atomic E-state index is -0.714. The smallest absolute Gasteiger partial charge is 0.306 e. The molecule has 2 N–H and O–H groups in total. The van der Waals surface area contributed by atoms with Crippen LogP contribution in [0.1, 0.15) is 50.5 Å². The van der Waals surface area contributed by atoms with E-state index in [0.717, 1.165) is 31.4 Å². The second-order valence-corrected chi connectivity index (χ2v) is 6.58. The van der Waals surface area contributed by atoms with E-state index in [4.69, 9.17) is 9.84 Å². The summed E-state index contributed by atoms with van der Waals surface area (Å²) >= 11 is 0. The highest BCUT2D eigenvalue weighted by Gasteiger charge is 2.26. The number of hydrogen-bond acceptors (Lipinski definition) is 3. The summed E-state index contributed by atoms with van der Waals surface area (Å²) in [4.78, 5) is 22.8. The Bertz CT molecular complexity index is 550. The van der Waals surface area contributed by atoms with E-state index in [2.05, 4.69) is 5.32 Å². The van der Waals surface area contributed by atoms with Gasteiger partial charge in [0.2, 0.25) is 5.91 Å². The van der Waals surface area contributed by atoms with Crippen molar-refractivity contribution in [2.75, 3.05) is 6.61 Å². The molecule has 1 aliphatic rings. The van der Waals surface area contributed by atoms with Gasteiger partial charge in [0.25, 0.3) is 0 Å². The first kappa shape index (κ1) is 18.3. The highest BCUT2D eigenvalue weighted by atomic mass is 16.5. The largest absolute Gasteiger partial charge is 0.494 e. The van der Waals surface area contributed by atoms with Crippen molar-refractivity contribution in [3.8, 4) is 5.75 Å². The van der Waals surface area contributed by atoms with Crippen molar-refractivity contribution in [1.29, 1.82) is 0 Å². The van der Waals surface area contributed by atoms with Gasteiger partial charge in [-0.15, -0.1) is 0 Å². The number of carbonyl (C=O) groups excluding carboxylic acids is 1. The van der Waals surface area contributed by atoms with Crippen LogP contribution in [0.4, 0.5) is 0 Å². The maximum atomic E-state index is 11.9. The summed E-state index contributed by atoms with van der Waals surface area (Å²) in [6, 6.07) is 8.07. The van der Waals surface area contributed by atoms with Crippen LogP contribution >= 0.6 is 0 Å². The molecule has 0 aliphatic heterocycles. The van der Waals surface area contributed by atoms with Crippen molar-refractivity contribution >= 4 is 11.9 Å². The first-order chi connectivity index (χ1) is 11.5. The van der Waals surface area contributed by atoms with Crippen molar-refractivity contribution < 1.29 is 19.4 Å². The van der Waals surface area contributed by atoms with Gasteiger partial charge < -0.3 is 15.2 Å². The fourth-order valence-electron chi connectivity index (χ4n) is 3.07. The Labute approximate surface area is 143 Å². The van der Waals surface area contributed by atoms with Gasteiger partial charge in [-0.25, -0.2) is 0 Å². The Balaban J connectivity index is 1.55. The molecule has 0 aromatic heterocycles. The maximum Gasteiger partial charge on any atom is 0.306 e. The lowest BCUT2D eigenvalue weighted by molar-refractivity contribution is -0.142. The van der Waals surface area contributed by atoms with Crippen LogP contribution in [0.2, 0.25) is 0 Å². The van der Waals surface area contributed by atoms with Crippen LogP contribution in [0.15, 0.2) is 24.3 Å². The normalized spacial score (nSPS) is 20.4. The predicted molar refractivity (Wildman–Crippen MR) is 92.0 cm³/mol. The SMILES string of the molecule is Cc1cccc(OCCCCC(=O)NC2CCC(C(=O)O)CC2)c1. The van der Waals surface area contributed by atoms with E-state index in [9.17, 15) is 9.59 Å². The molecule has 132 valence electrons. The highest BCUT2D eigenvalue weighted by molar-refractivity contribution is 5.76. The molecule has 0 spiro atoms. The summed E-state index contributed by atoms with van der Waals surface area (Å²) in [7, 11) is 0. The lowest BCUT2D eigenvalue weighted by atomic mass is 9.86. The third-order valence-corrected chi connectivity index (χ3v) is 4.50. The van der Waals surface area contributed by atoms with Gasteiger partial charge in [-0.1, -0.05) is 12.1 Å². The number of nitrogens with one attached hydrogen (secondary N) is 1. The molecule has 0 unspecified atom stereocenters.